The molecule has 74 valence electrons. The van der Waals surface area contributed by atoms with E-state index in [1.807, 2.05) is 7.05 Å². The Labute approximate surface area is 74.6 Å². The molecule has 0 aliphatic rings. The molecule has 0 radical (unpaired) electrons. The number of hydrogen-bond acceptors (Lipinski definition) is 0. The van der Waals surface area contributed by atoms with Gasteiger partial charge in [-0.1, -0.05) is 0 Å². The van der Waals surface area contributed by atoms with Crippen LogP contribution in [0, 0.1) is 0 Å². The Hall–Kier alpha value is -1.00. The second-order valence-electron chi connectivity index (χ2n) is 3.04. The van der Waals surface area contributed by atoms with E-state index in [9.17, 15) is 13.2 Å². The molecule has 13 heavy (non-hydrogen) atoms. The smallest absolute Gasteiger partial charge is 0.240 e. The van der Waals surface area contributed by atoms with Crippen LogP contribution in [0.15, 0.2) is 18.7 Å². The van der Waals surface area contributed by atoms with Crippen molar-refractivity contribution in [2.24, 2.45) is 7.05 Å². The molecule has 0 bridgehead atoms. The first-order valence-electron chi connectivity index (χ1n) is 4.05. The number of hydrogen-bond donors (Lipinski definition) is 0. The highest BCUT2D eigenvalue weighted by atomic mass is 19.4. The standard InChI is InChI=1S/C8H12F3N2/c1-12-5-6-13(7-12)4-2-3-8(9,10)11/h5-7H,2-4H2,1H3/q+1. The molecule has 0 aliphatic heterocycles. The van der Waals surface area contributed by atoms with Crippen molar-refractivity contribution in [1.82, 2.24) is 4.57 Å². The van der Waals surface area contributed by atoms with Crippen LogP contribution in [-0.4, -0.2) is 10.7 Å². The van der Waals surface area contributed by atoms with Crippen LogP contribution >= 0.6 is 0 Å². The van der Waals surface area contributed by atoms with Gasteiger partial charge in [0.05, 0.1) is 13.6 Å². The third-order valence-corrected chi connectivity index (χ3v) is 1.70. The fraction of sp³-hybridized carbons (Fsp3) is 0.625. The highest BCUT2D eigenvalue weighted by molar-refractivity contribution is 4.66. The summed E-state index contributed by atoms with van der Waals surface area (Å²) in [7, 11) is 1.83. The van der Waals surface area contributed by atoms with Crippen molar-refractivity contribution in [3.05, 3.63) is 18.7 Å². The van der Waals surface area contributed by atoms with Crippen LogP contribution < -0.4 is 4.57 Å². The Kier molecular flexibility index (Phi) is 2.95. The number of aryl methyl sites for hydroxylation is 2. The summed E-state index contributed by atoms with van der Waals surface area (Å²) in [6.07, 6.45) is 0.711. The lowest BCUT2D eigenvalue weighted by atomic mass is 10.3. The third-order valence-electron chi connectivity index (χ3n) is 1.70. The summed E-state index contributed by atoms with van der Waals surface area (Å²) in [6, 6.07) is 0. The summed E-state index contributed by atoms with van der Waals surface area (Å²) in [5, 5.41) is 0. The summed E-state index contributed by atoms with van der Waals surface area (Å²) in [5.41, 5.74) is 0. The highest BCUT2D eigenvalue weighted by Gasteiger charge is 2.26. The van der Waals surface area contributed by atoms with E-state index in [-0.39, 0.29) is 6.42 Å². The van der Waals surface area contributed by atoms with E-state index in [2.05, 4.69) is 0 Å². The van der Waals surface area contributed by atoms with E-state index in [1.165, 1.54) is 0 Å². The van der Waals surface area contributed by atoms with Gasteiger partial charge in [0.2, 0.25) is 6.33 Å². The van der Waals surface area contributed by atoms with E-state index < -0.39 is 12.6 Å². The van der Waals surface area contributed by atoms with Gasteiger partial charge >= 0.3 is 6.18 Å². The van der Waals surface area contributed by atoms with Crippen molar-refractivity contribution < 1.29 is 17.7 Å². The van der Waals surface area contributed by atoms with Crippen LogP contribution in [0.3, 0.4) is 0 Å². The Morgan fingerprint density at radius 3 is 2.54 bits per heavy atom. The maximum atomic E-state index is 11.7. The number of rotatable bonds is 3. The summed E-state index contributed by atoms with van der Waals surface area (Å²) < 4.78 is 38.8. The van der Waals surface area contributed by atoms with Crippen LogP contribution in [0.25, 0.3) is 0 Å². The van der Waals surface area contributed by atoms with Gasteiger partial charge in [0.15, 0.2) is 0 Å². The van der Waals surface area contributed by atoms with Crippen LogP contribution in [0.4, 0.5) is 13.2 Å². The summed E-state index contributed by atoms with van der Waals surface area (Å²) in [4.78, 5) is 0. The molecule has 0 atom stereocenters. The lowest BCUT2D eigenvalue weighted by molar-refractivity contribution is -0.671. The topological polar surface area (TPSA) is 8.81 Å². The Bertz CT molecular complexity index is 265. The quantitative estimate of drug-likeness (QED) is 0.645. The molecule has 0 N–H and O–H groups in total. The predicted octanol–water partition coefficient (Wildman–Crippen LogP) is 1.66. The van der Waals surface area contributed by atoms with Crippen molar-refractivity contribution >= 4 is 0 Å². The van der Waals surface area contributed by atoms with Crippen molar-refractivity contribution in [3.8, 4) is 0 Å². The van der Waals surface area contributed by atoms with Crippen LogP contribution in [0.1, 0.15) is 12.8 Å². The summed E-state index contributed by atoms with van der Waals surface area (Å²) in [6.45, 7) is 0.417. The van der Waals surface area contributed by atoms with Crippen molar-refractivity contribution in [1.29, 1.82) is 0 Å². The zero-order chi connectivity index (χ0) is 9.90. The highest BCUT2D eigenvalue weighted by Crippen LogP contribution is 2.21. The minimum atomic E-state index is -4.03. The number of imidazole rings is 1. The van der Waals surface area contributed by atoms with Gasteiger partial charge < -0.3 is 0 Å². The molecule has 0 saturated carbocycles. The largest absolute Gasteiger partial charge is 0.389 e. The second kappa shape index (κ2) is 3.81. The molecule has 1 rings (SSSR count). The van der Waals surface area contributed by atoms with Crippen molar-refractivity contribution in [2.75, 3.05) is 0 Å². The number of nitrogens with zero attached hydrogens (tertiary/aromatic N) is 2. The van der Waals surface area contributed by atoms with Gasteiger partial charge in [0, 0.05) is 6.42 Å². The van der Waals surface area contributed by atoms with Crippen molar-refractivity contribution in [3.63, 3.8) is 0 Å². The summed E-state index contributed by atoms with van der Waals surface area (Å²) >= 11 is 0. The molecule has 1 heterocycles. The van der Waals surface area contributed by atoms with E-state index in [0.29, 0.717) is 6.54 Å². The molecule has 5 heteroatoms. The first-order chi connectivity index (χ1) is 5.97. The van der Waals surface area contributed by atoms with Gasteiger partial charge in [0.1, 0.15) is 12.4 Å². The Balaban J connectivity index is 2.28. The van der Waals surface area contributed by atoms with Crippen LogP contribution in [0.5, 0.6) is 0 Å². The molecular formula is C8H12F3N2+. The van der Waals surface area contributed by atoms with Gasteiger partial charge in [-0.2, -0.15) is 13.2 Å². The monoisotopic (exact) mass is 193 g/mol. The number of aromatic nitrogens is 2. The Morgan fingerprint density at radius 2 is 2.08 bits per heavy atom. The lowest BCUT2D eigenvalue weighted by Gasteiger charge is -2.03. The molecule has 0 aromatic carbocycles. The molecule has 0 amide bonds. The van der Waals surface area contributed by atoms with E-state index >= 15 is 0 Å². The molecule has 0 unspecified atom stereocenters. The van der Waals surface area contributed by atoms with Gasteiger partial charge in [-0.05, 0) is 6.42 Å². The predicted molar refractivity (Wildman–Crippen MR) is 40.9 cm³/mol. The maximum Gasteiger partial charge on any atom is 0.389 e. The van der Waals surface area contributed by atoms with E-state index in [1.54, 1.807) is 27.9 Å². The first-order valence-corrected chi connectivity index (χ1v) is 4.05. The van der Waals surface area contributed by atoms with E-state index in [4.69, 9.17) is 0 Å². The summed E-state index contributed by atoms with van der Waals surface area (Å²) in [5.74, 6) is 0. The molecule has 2 nitrogen and oxygen atoms in total. The fourth-order valence-corrected chi connectivity index (χ4v) is 1.10. The van der Waals surface area contributed by atoms with Crippen molar-refractivity contribution in [2.45, 2.75) is 25.6 Å². The van der Waals surface area contributed by atoms with E-state index in [0.717, 1.165) is 0 Å². The Morgan fingerprint density at radius 1 is 1.38 bits per heavy atom. The van der Waals surface area contributed by atoms with Gasteiger partial charge in [0.25, 0.3) is 0 Å². The van der Waals surface area contributed by atoms with Gasteiger partial charge in [-0.3, -0.25) is 0 Å². The normalized spacial score (nSPS) is 12.0. The molecule has 1 aromatic heterocycles. The SMILES string of the molecule is C[n+]1ccn(CCCC(F)(F)F)c1. The second-order valence-corrected chi connectivity index (χ2v) is 3.04. The maximum absolute atomic E-state index is 11.7. The number of halogens is 3. The average Bonchev–Trinajstić information content (AvgIpc) is 2.33. The molecule has 1 aromatic rings. The van der Waals surface area contributed by atoms with Crippen LogP contribution in [0.2, 0.25) is 0 Å². The zero-order valence-corrected chi connectivity index (χ0v) is 7.38. The zero-order valence-electron chi connectivity index (χ0n) is 7.38. The fourth-order valence-electron chi connectivity index (χ4n) is 1.10. The number of alkyl halides is 3. The lowest BCUT2D eigenvalue weighted by Crippen LogP contribution is -2.23. The minimum Gasteiger partial charge on any atom is -0.240 e. The molecule has 0 fully saturated rings. The van der Waals surface area contributed by atoms with Gasteiger partial charge in [-0.15, -0.1) is 0 Å². The minimum absolute atomic E-state index is 0.137. The third kappa shape index (κ3) is 3.96. The average molecular weight is 193 g/mol. The van der Waals surface area contributed by atoms with Gasteiger partial charge in [-0.25, -0.2) is 9.13 Å². The molecule has 0 saturated heterocycles. The first kappa shape index (κ1) is 10.1. The van der Waals surface area contributed by atoms with Crippen LogP contribution in [-0.2, 0) is 13.6 Å². The molecule has 0 spiro atoms. The molecular weight excluding hydrogens is 181 g/mol. The molecule has 0 aliphatic carbocycles.